The Morgan fingerprint density at radius 1 is 1.00 bits per heavy atom. The molecular weight excluding hydrogens is 260 g/mol. The molecule has 0 unspecified atom stereocenters. The monoisotopic (exact) mass is 278 g/mol. The van der Waals surface area contributed by atoms with E-state index in [1.165, 1.54) is 48.6 Å². The summed E-state index contributed by atoms with van der Waals surface area (Å²) in [5.41, 5.74) is 5.89. The summed E-state index contributed by atoms with van der Waals surface area (Å²) in [5, 5.41) is 8.08. The van der Waals surface area contributed by atoms with E-state index >= 15 is 0 Å². The van der Waals surface area contributed by atoms with Crippen LogP contribution in [0.1, 0.15) is 37.7 Å². The summed E-state index contributed by atoms with van der Waals surface area (Å²) >= 11 is 0. The van der Waals surface area contributed by atoms with Gasteiger partial charge in [-0.25, -0.2) is 4.98 Å². The molecule has 0 spiro atoms. The van der Waals surface area contributed by atoms with Crippen molar-refractivity contribution in [3.8, 4) is 11.1 Å². The Labute approximate surface area is 123 Å². The van der Waals surface area contributed by atoms with Crippen LogP contribution >= 0.6 is 0 Å². The zero-order valence-corrected chi connectivity index (χ0v) is 11.9. The lowest BCUT2D eigenvalue weighted by molar-refractivity contribution is 0.720. The van der Waals surface area contributed by atoms with E-state index in [1.54, 1.807) is 0 Å². The predicted molar refractivity (Wildman–Crippen MR) is 84.7 cm³/mol. The molecule has 4 heteroatoms. The molecule has 0 bridgehead atoms. The fourth-order valence-corrected chi connectivity index (χ4v) is 3.09. The maximum Gasteiger partial charge on any atom is 0.137 e. The lowest BCUT2D eigenvalue weighted by Gasteiger charge is -2.06. The maximum absolute atomic E-state index is 4.59. The number of hydrogen-bond acceptors (Lipinski definition) is 2. The van der Waals surface area contributed by atoms with Gasteiger partial charge in [0.2, 0.25) is 0 Å². The number of allylic oxidation sites excluding steroid dienone is 2. The van der Waals surface area contributed by atoms with E-state index in [-0.39, 0.29) is 0 Å². The molecule has 4 rings (SSSR count). The van der Waals surface area contributed by atoms with Gasteiger partial charge >= 0.3 is 0 Å². The molecule has 106 valence electrons. The lowest BCUT2D eigenvalue weighted by Crippen LogP contribution is -1.87. The molecule has 0 amide bonds. The Bertz CT molecular complexity index is 780. The molecule has 4 nitrogen and oxygen atoms in total. The van der Waals surface area contributed by atoms with E-state index in [2.05, 4.69) is 32.3 Å². The molecule has 3 aromatic rings. The van der Waals surface area contributed by atoms with Gasteiger partial charge in [0.25, 0.3) is 0 Å². The molecule has 1 aliphatic rings. The molecule has 1 aliphatic carbocycles. The molecule has 0 fully saturated rings. The van der Waals surface area contributed by atoms with Crippen LogP contribution in [0.25, 0.3) is 27.7 Å². The van der Waals surface area contributed by atoms with Crippen molar-refractivity contribution in [3.05, 3.63) is 42.5 Å². The van der Waals surface area contributed by atoms with Gasteiger partial charge in [-0.05, 0) is 42.9 Å². The number of aromatic nitrogens is 4. The highest BCUT2D eigenvalue weighted by molar-refractivity contribution is 5.94. The van der Waals surface area contributed by atoms with Crippen LogP contribution in [0.5, 0.6) is 0 Å². The largest absolute Gasteiger partial charge is 0.346 e. The zero-order valence-electron chi connectivity index (χ0n) is 11.9. The lowest BCUT2D eigenvalue weighted by atomic mass is 10.0. The second kappa shape index (κ2) is 5.20. The first kappa shape index (κ1) is 12.4. The molecule has 0 aromatic carbocycles. The summed E-state index contributed by atoms with van der Waals surface area (Å²) in [6, 6.07) is 2.26. The minimum absolute atomic E-state index is 0.934. The smallest absolute Gasteiger partial charge is 0.137 e. The highest BCUT2D eigenvalue weighted by Gasteiger charge is 2.11. The third kappa shape index (κ3) is 2.27. The van der Waals surface area contributed by atoms with Gasteiger partial charge in [0.1, 0.15) is 5.65 Å². The van der Waals surface area contributed by atoms with Gasteiger partial charge < -0.3 is 4.98 Å². The first-order chi connectivity index (χ1) is 10.4. The van der Waals surface area contributed by atoms with Crippen LogP contribution in [0.2, 0.25) is 0 Å². The summed E-state index contributed by atoms with van der Waals surface area (Å²) in [6.07, 6.45) is 16.4. The van der Waals surface area contributed by atoms with Crippen LogP contribution in [0.15, 0.2) is 36.9 Å². The summed E-state index contributed by atoms with van der Waals surface area (Å²) in [6.45, 7) is 0. The van der Waals surface area contributed by atoms with Gasteiger partial charge in [-0.1, -0.05) is 12.5 Å². The van der Waals surface area contributed by atoms with Gasteiger partial charge in [-0.2, -0.15) is 5.10 Å². The zero-order chi connectivity index (χ0) is 14.1. The highest BCUT2D eigenvalue weighted by atomic mass is 15.1. The van der Waals surface area contributed by atoms with E-state index in [4.69, 9.17) is 0 Å². The van der Waals surface area contributed by atoms with Crippen LogP contribution < -0.4 is 0 Å². The summed E-state index contributed by atoms with van der Waals surface area (Å²) in [4.78, 5) is 7.84. The van der Waals surface area contributed by atoms with Crippen molar-refractivity contribution < 1.29 is 0 Å². The summed E-state index contributed by atoms with van der Waals surface area (Å²) < 4.78 is 0. The predicted octanol–water partition coefficient (Wildman–Crippen LogP) is 4.30. The van der Waals surface area contributed by atoms with E-state index in [9.17, 15) is 0 Å². The quantitative estimate of drug-likeness (QED) is 0.734. The van der Waals surface area contributed by atoms with Crippen LogP contribution in [-0.4, -0.2) is 20.2 Å². The van der Waals surface area contributed by atoms with E-state index < -0.39 is 0 Å². The van der Waals surface area contributed by atoms with Gasteiger partial charge in [-0.3, -0.25) is 5.10 Å². The third-order valence-corrected chi connectivity index (χ3v) is 4.25. The molecule has 3 aromatic heterocycles. The number of pyridine rings is 1. The van der Waals surface area contributed by atoms with Crippen molar-refractivity contribution in [2.24, 2.45) is 0 Å². The van der Waals surface area contributed by atoms with Crippen molar-refractivity contribution in [2.75, 3.05) is 0 Å². The maximum atomic E-state index is 4.59. The van der Waals surface area contributed by atoms with E-state index in [1.807, 2.05) is 24.8 Å². The van der Waals surface area contributed by atoms with Crippen LogP contribution in [-0.2, 0) is 0 Å². The van der Waals surface area contributed by atoms with Crippen molar-refractivity contribution in [3.63, 3.8) is 0 Å². The van der Waals surface area contributed by atoms with Crippen molar-refractivity contribution >= 4 is 16.6 Å². The molecule has 2 N–H and O–H groups in total. The summed E-state index contributed by atoms with van der Waals surface area (Å²) in [5.74, 6) is 0. The van der Waals surface area contributed by atoms with E-state index in [0.29, 0.717) is 0 Å². The van der Waals surface area contributed by atoms with Gasteiger partial charge in [0, 0.05) is 35.1 Å². The number of H-pyrrole nitrogens is 2. The van der Waals surface area contributed by atoms with Crippen LogP contribution in [0.4, 0.5) is 0 Å². The van der Waals surface area contributed by atoms with Gasteiger partial charge in [0.15, 0.2) is 0 Å². The number of aromatic amines is 2. The number of fused-ring (bicyclic) bond motifs is 1. The average molecular weight is 278 g/mol. The Hall–Kier alpha value is -2.36. The molecule has 3 heterocycles. The minimum Gasteiger partial charge on any atom is -0.346 e. The first-order valence-corrected chi connectivity index (χ1v) is 7.57. The molecule has 0 atom stereocenters. The molecule has 21 heavy (non-hydrogen) atoms. The first-order valence-electron chi connectivity index (χ1n) is 7.57. The Kier molecular flexibility index (Phi) is 3.07. The third-order valence-electron chi connectivity index (χ3n) is 4.25. The average Bonchev–Trinajstić information content (AvgIpc) is 3.09. The van der Waals surface area contributed by atoms with Gasteiger partial charge in [0.05, 0.1) is 6.20 Å². The fourth-order valence-electron chi connectivity index (χ4n) is 3.09. The normalized spacial score (nSPS) is 15.9. The fraction of sp³-hybridized carbons (Fsp3) is 0.294. The molecule has 0 aliphatic heterocycles. The number of rotatable bonds is 2. The standard InChI is InChI=1S/C17H18N4/c1-2-4-6-12(5-3-1)13-7-15-16(14-9-20-21-10-14)11-19-17(15)18-8-13/h5,7-11H,1-4,6H2,(H,18,19)(H,20,21). The Morgan fingerprint density at radius 2 is 2.00 bits per heavy atom. The molecule has 0 radical (unpaired) electrons. The molecular formula is C17H18N4. The van der Waals surface area contributed by atoms with Crippen LogP contribution in [0.3, 0.4) is 0 Å². The SMILES string of the molecule is C1=C(c2cnc3[nH]cc(-c4cn[nH]c4)c3c2)CCCCC1. The molecule has 0 saturated heterocycles. The second-order valence-electron chi connectivity index (χ2n) is 5.64. The Balaban J connectivity index is 1.81. The number of nitrogens with zero attached hydrogens (tertiary/aromatic N) is 2. The van der Waals surface area contributed by atoms with Crippen molar-refractivity contribution in [1.82, 2.24) is 20.2 Å². The van der Waals surface area contributed by atoms with Crippen LogP contribution in [0, 0.1) is 0 Å². The van der Waals surface area contributed by atoms with E-state index in [0.717, 1.165) is 16.8 Å². The second-order valence-corrected chi connectivity index (χ2v) is 5.64. The van der Waals surface area contributed by atoms with Crippen molar-refractivity contribution in [1.29, 1.82) is 0 Å². The summed E-state index contributed by atoms with van der Waals surface area (Å²) in [7, 11) is 0. The number of hydrogen-bond donors (Lipinski definition) is 2. The Morgan fingerprint density at radius 3 is 2.90 bits per heavy atom. The molecule has 0 saturated carbocycles. The number of nitrogens with one attached hydrogen (secondary N) is 2. The minimum atomic E-state index is 0.934. The highest BCUT2D eigenvalue weighted by Crippen LogP contribution is 2.31. The van der Waals surface area contributed by atoms with Crippen molar-refractivity contribution in [2.45, 2.75) is 32.1 Å². The topological polar surface area (TPSA) is 57.4 Å². The van der Waals surface area contributed by atoms with Gasteiger partial charge in [-0.15, -0.1) is 0 Å².